The summed E-state index contributed by atoms with van der Waals surface area (Å²) in [4.78, 5) is 54.9. The number of nitrogens with zero attached hydrogens (tertiary/aromatic N) is 1. The summed E-state index contributed by atoms with van der Waals surface area (Å²) in [5.74, 6) is -2.46. The third-order valence-electron chi connectivity index (χ3n) is 7.56. The molecule has 2 fully saturated rings. The Morgan fingerprint density at radius 2 is 1.61 bits per heavy atom. The summed E-state index contributed by atoms with van der Waals surface area (Å²) in [6.07, 6.45) is 1.21. The third-order valence-corrected chi connectivity index (χ3v) is 7.91. The van der Waals surface area contributed by atoms with Crippen molar-refractivity contribution in [2.45, 2.75) is 43.4 Å². The third kappa shape index (κ3) is 6.25. The van der Waals surface area contributed by atoms with E-state index < -0.39 is 41.7 Å². The van der Waals surface area contributed by atoms with Gasteiger partial charge >= 0.3 is 5.97 Å². The molecule has 5 atom stereocenters. The van der Waals surface area contributed by atoms with Crippen molar-refractivity contribution in [3.63, 3.8) is 0 Å². The largest absolute Gasteiger partial charge is 0.467 e. The summed E-state index contributed by atoms with van der Waals surface area (Å²) in [6.45, 7) is 0. The van der Waals surface area contributed by atoms with Crippen LogP contribution in [-0.2, 0) is 30.3 Å². The van der Waals surface area contributed by atoms with Gasteiger partial charge in [-0.15, -0.1) is 0 Å². The van der Waals surface area contributed by atoms with Crippen LogP contribution >= 0.6 is 11.6 Å². The predicted molar refractivity (Wildman–Crippen MR) is 149 cm³/mol. The molecule has 0 radical (unpaired) electrons. The van der Waals surface area contributed by atoms with E-state index in [9.17, 15) is 23.6 Å². The van der Waals surface area contributed by atoms with Crippen molar-refractivity contribution in [3.05, 3.63) is 106 Å². The summed E-state index contributed by atoms with van der Waals surface area (Å²) in [7, 11) is 1.19. The fourth-order valence-corrected chi connectivity index (χ4v) is 5.67. The first-order chi connectivity index (χ1) is 19.8. The monoisotopic (exact) mass is 577 g/mol. The molecule has 1 saturated carbocycles. The first-order valence-corrected chi connectivity index (χ1v) is 13.7. The molecule has 8 nitrogen and oxygen atoms in total. The van der Waals surface area contributed by atoms with Crippen LogP contribution < -0.4 is 10.6 Å². The molecule has 2 N–H and O–H groups in total. The van der Waals surface area contributed by atoms with Crippen molar-refractivity contribution in [2.75, 3.05) is 7.11 Å². The van der Waals surface area contributed by atoms with Gasteiger partial charge in [-0.1, -0.05) is 72.3 Å². The summed E-state index contributed by atoms with van der Waals surface area (Å²) in [6, 6.07) is 17.7. The number of likely N-dealkylation sites (tertiary alicyclic amines) is 1. The molecule has 3 amide bonds. The maximum atomic E-state index is 14.2. The van der Waals surface area contributed by atoms with Crippen LogP contribution in [0.5, 0.6) is 0 Å². The molecule has 0 aromatic heterocycles. The first kappa shape index (κ1) is 28.3. The summed E-state index contributed by atoms with van der Waals surface area (Å²) in [5, 5.41) is 5.84. The Balaban J connectivity index is 1.39. The molecule has 10 heteroatoms. The zero-order valence-corrected chi connectivity index (χ0v) is 23.0. The van der Waals surface area contributed by atoms with Crippen LogP contribution in [0.2, 0.25) is 5.02 Å². The van der Waals surface area contributed by atoms with Gasteiger partial charge in [0.1, 0.15) is 17.9 Å². The second-order valence-corrected chi connectivity index (χ2v) is 10.7. The van der Waals surface area contributed by atoms with E-state index in [1.54, 1.807) is 24.3 Å². The Hall–Kier alpha value is -4.24. The lowest BCUT2D eigenvalue weighted by Crippen LogP contribution is -2.53. The number of amides is 3. The fourth-order valence-electron chi connectivity index (χ4n) is 5.42. The van der Waals surface area contributed by atoms with Crippen molar-refractivity contribution in [1.82, 2.24) is 15.5 Å². The molecule has 212 valence electrons. The molecular weight excluding hydrogens is 549 g/mol. The van der Waals surface area contributed by atoms with Crippen molar-refractivity contribution in [3.8, 4) is 0 Å². The van der Waals surface area contributed by atoms with Gasteiger partial charge < -0.3 is 20.3 Å². The smallest absolute Gasteiger partial charge is 0.333 e. The van der Waals surface area contributed by atoms with Crippen molar-refractivity contribution < 1.29 is 28.3 Å². The molecule has 0 bridgehead atoms. The van der Waals surface area contributed by atoms with Crippen LogP contribution in [0.25, 0.3) is 0 Å². The number of halogens is 2. The normalized spacial score (nSPS) is 20.4. The number of ether oxygens (including phenoxy) is 1. The molecular formula is C31H29ClFN3O5. The highest BCUT2D eigenvalue weighted by Gasteiger charge is 2.57. The number of rotatable bonds is 9. The zero-order chi connectivity index (χ0) is 29.1. The van der Waals surface area contributed by atoms with E-state index in [4.69, 9.17) is 16.3 Å². The van der Waals surface area contributed by atoms with Crippen molar-refractivity contribution in [2.24, 2.45) is 5.92 Å². The highest BCUT2D eigenvalue weighted by molar-refractivity contribution is 6.31. The average molecular weight is 578 g/mol. The Bertz CT molecular complexity index is 1450. The number of piperidine rings is 1. The van der Waals surface area contributed by atoms with Crippen LogP contribution in [0, 0.1) is 11.7 Å². The standard InChI is InChI=1S/C31H29ClFN3O5/c1-41-31(40)27(19-11-13-21(33)14-12-19)35-29(38)25-17-20-16-24(20)36(25)30(39)28(22-9-5-6-10-23(22)32)34-26(37)15-18-7-3-2-4-8-18/h2-14,20,24-25,27-28H,15-17H2,1H3,(H,34,37)(H,35,38)/t20-,24-,25-,27?,28+/m0/s1. The second kappa shape index (κ2) is 12.1. The Morgan fingerprint density at radius 3 is 2.29 bits per heavy atom. The van der Waals surface area contributed by atoms with E-state index in [1.807, 2.05) is 30.3 Å². The van der Waals surface area contributed by atoms with E-state index in [0.29, 0.717) is 22.6 Å². The minimum absolute atomic E-state index is 0.0590. The number of fused-ring (bicyclic) bond motifs is 1. The van der Waals surface area contributed by atoms with Gasteiger partial charge in [0.25, 0.3) is 5.91 Å². The van der Waals surface area contributed by atoms with Gasteiger partial charge in [-0.25, -0.2) is 9.18 Å². The maximum absolute atomic E-state index is 14.2. The molecule has 1 heterocycles. The van der Waals surface area contributed by atoms with Crippen LogP contribution in [0.4, 0.5) is 4.39 Å². The van der Waals surface area contributed by atoms with Crippen molar-refractivity contribution >= 4 is 35.3 Å². The SMILES string of the molecule is COC(=O)C(NC(=O)[C@@H]1C[C@@H]2C[C@@H]2N1C(=O)[C@H](NC(=O)Cc1ccccc1)c1ccccc1Cl)c1ccc(F)cc1. The number of carbonyl (C=O) groups is 4. The number of hydrogen-bond donors (Lipinski definition) is 2. The molecule has 2 aliphatic rings. The number of carbonyl (C=O) groups excluding carboxylic acids is 4. The van der Waals surface area contributed by atoms with Gasteiger partial charge in [-0.2, -0.15) is 0 Å². The van der Waals surface area contributed by atoms with Crippen molar-refractivity contribution in [1.29, 1.82) is 0 Å². The van der Waals surface area contributed by atoms with Gasteiger partial charge in [0.15, 0.2) is 6.04 Å². The Labute approximate surface area is 241 Å². The van der Waals surface area contributed by atoms with Gasteiger partial charge in [-0.3, -0.25) is 14.4 Å². The Kier molecular flexibility index (Phi) is 8.35. The van der Waals surface area contributed by atoms with E-state index >= 15 is 0 Å². The maximum Gasteiger partial charge on any atom is 0.333 e. The van der Waals surface area contributed by atoms with Gasteiger partial charge in [0.05, 0.1) is 13.5 Å². The molecule has 1 aliphatic heterocycles. The quantitative estimate of drug-likeness (QED) is 0.375. The predicted octanol–water partition coefficient (Wildman–Crippen LogP) is 3.90. The molecule has 0 spiro atoms. The number of nitrogens with one attached hydrogen (secondary N) is 2. The zero-order valence-electron chi connectivity index (χ0n) is 22.3. The van der Waals surface area contributed by atoms with E-state index in [1.165, 1.54) is 36.3 Å². The summed E-state index contributed by atoms with van der Waals surface area (Å²) >= 11 is 6.48. The number of methoxy groups -OCH3 is 1. The summed E-state index contributed by atoms with van der Waals surface area (Å²) in [5.41, 5.74) is 1.54. The topological polar surface area (TPSA) is 105 Å². The molecule has 5 rings (SSSR count). The Morgan fingerprint density at radius 1 is 0.927 bits per heavy atom. The lowest BCUT2D eigenvalue weighted by atomic mass is 10.0. The molecule has 1 unspecified atom stereocenters. The molecule has 3 aromatic rings. The van der Waals surface area contributed by atoms with Crippen LogP contribution in [0.3, 0.4) is 0 Å². The highest BCUT2D eigenvalue weighted by Crippen LogP contribution is 2.49. The molecule has 41 heavy (non-hydrogen) atoms. The lowest BCUT2D eigenvalue weighted by Gasteiger charge is -2.32. The minimum atomic E-state index is -1.19. The van der Waals surface area contributed by atoms with Gasteiger partial charge in [0, 0.05) is 16.6 Å². The molecule has 1 aliphatic carbocycles. The van der Waals surface area contributed by atoms with Crippen LogP contribution in [0.15, 0.2) is 78.9 Å². The van der Waals surface area contributed by atoms with E-state index in [2.05, 4.69) is 10.6 Å². The molecule has 1 saturated heterocycles. The minimum Gasteiger partial charge on any atom is -0.467 e. The second-order valence-electron chi connectivity index (χ2n) is 10.3. The lowest BCUT2D eigenvalue weighted by molar-refractivity contribution is -0.147. The molecule has 3 aromatic carbocycles. The first-order valence-electron chi connectivity index (χ1n) is 13.3. The number of esters is 1. The highest BCUT2D eigenvalue weighted by atomic mass is 35.5. The van der Waals surface area contributed by atoms with Gasteiger partial charge in [0.2, 0.25) is 11.8 Å². The average Bonchev–Trinajstić information content (AvgIpc) is 3.64. The van der Waals surface area contributed by atoms with Crippen LogP contribution in [-0.4, -0.2) is 47.8 Å². The van der Waals surface area contributed by atoms with E-state index in [-0.39, 0.29) is 24.3 Å². The van der Waals surface area contributed by atoms with Gasteiger partial charge in [-0.05, 0) is 48.1 Å². The number of hydrogen-bond acceptors (Lipinski definition) is 5. The van der Waals surface area contributed by atoms with E-state index in [0.717, 1.165) is 12.0 Å². The summed E-state index contributed by atoms with van der Waals surface area (Å²) < 4.78 is 18.4. The number of benzene rings is 3. The fraction of sp³-hybridized carbons (Fsp3) is 0.290. The van der Waals surface area contributed by atoms with Crippen LogP contribution in [0.1, 0.15) is 41.6 Å².